The average Bonchev–Trinajstić information content (AvgIpc) is 2.45. The van der Waals surface area contributed by atoms with Crippen molar-refractivity contribution in [1.29, 1.82) is 0 Å². The predicted molar refractivity (Wildman–Crippen MR) is 77.8 cm³/mol. The number of esters is 1. The summed E-state index contributed by atoms with van der Waals surface area (Å²) in [6, 6.07) is 7.38. The minimum atomic E-state index is -0.553. The van der Waals surface area contributed by atoms with Gasteiger partial charge >= 0.3 is 5.97 Å². The van der Waals surface area contributed by atoms with Crippen LogP contribution in [-0.2, 0) is 4.74 Å². The number of aryl methyl sites for hydroxylation is 1. The summed E-state index contributed by atoms with van der Waals surface area (Å²) in [5.41, 5.74) is 2.21. The van der Waals surface area contributed by atoms with Crippen molar-refractivity contribution in [2.75, 3.05) is 14.2 Å². The van der Waals surface area contributed by atoms with Crippen LogP contribution in [0.2, 0.25) is 0 Å². The van der Waals surface area contributed by atoms with Crippen LogP contribution in [0.4, 0.5) is 0 Å². The van der Waals surface area contributed by atoms with Gasteiger partial charge in [-0.2, -0.15) is 0 Å². The lowest BCUT2D eigenvalue weighted by molar-refractivity contribution is 0.0586. The molecule has 0 unspecified atom stereocenters. The molecule has 2 rings (SSSR count). The Hall–Kier alpha value is -1.95. The smallest absolute Gasteiger partial charge is 0.376 e. The highest BCUT2D eigenvalue weighted by Gasteiger charge is 2.13. The number of hydrogen-bond donors (Lipinski definition) is 0. The summed E-state index contributed by atoms with van der Waals surface area (Å²) in [4.78, 5) is 19.8. The number of aromatic nitrogens is 2. The van der Waals surface area contributed by atoms with Gasteiger partial charge in [0.2, 0.25) is 5.82 Å². The van der Waals surface area contributed by atoms with Gasteiger partial charge in [-0.3, -0.25) is 0 Å². The molecule has 20 heavy (non-hydrogen) atoms. The standard InChI is InChI=1S/C14H13BrN2O3/c1-8-6-11(17-13(16-8)14(18)20-3)9-4-5-12(19-2)10(15)7-9/h4-7H,1-3H3. The summed E-state index contributed by atoms with van der Waals surface area (Å²) in [6.45, 7) is 1.80. The molecule has 1 aromatic heterocycles. The second-order valence-corrected chi connectivity index (χ2v) is 4.91. The van der Waals surface area contributed by atoms with Crippen molar-refractivity contribution in [2.24, 2.45) is 0 Å². The van der Waals surface area contributed by atoms with Crippen LogP contribution < -0.4 is 4.74 Å². The maximum atomic E-state index is 11.5. The van der Waals surface area contributed by atoms with E-state index in [2.05, 4.69) is 30.6 Å². The largest absolute Gasteiger partial charge is 0.496 e. The Bertz CT molecular complexity index is 659. The van der Waals surface area contributed by atoms with E-state index in [9.17, 15) is 4.79 Å². The predicted octanol–water partition coefficient (Wildman–Crippen LogP) is 3.01. The lowest BCUT2D eigenvalue weighted by Gasteiger charge is -2.08. The van der Waals surface area contributed by atoms with Gasteiger partial charge < -0.3 is 9.47 Å². The summed E-state index contributed by atoms with van der Waals surface area (Å²) in [5.74, 6) is 0.227. The van der Waals surface area contributed by atoms with Crippen LogP contribution in [0.15, 0.2) is 28.7 Å². The van der Waals surface area contributed by atoms with E-state index in [0.717, 1.165) is 15.8 Å². The fourth-order valence-corrected chi connectivity index (χ4v) is 2.27. The molecule has 0 atom stereocenters. The first-order valence-electron chi connectivity index (χ1n) is 5.83. The zero-order valence-electron chi connectivity index (χ0n) is 11.3. The Morgan fingerprint density at radius 2 is 1.95 bits per heavy atom. The van der Waals surface area contributed by atoms with Crippen molar-refractivity contribution in [3.63, 3.8) is 0 Å². The fraction of sp³-hybridized carbons (Fsp3) is 0.214. The van der Waals surface area contributed by atoms with E-state index in [1.807, 2.05) is 18.2 Å². The number of carbonyl (C=O) groups is 1. The molecule has 5 nitrogen and oxygen atoms in total. The maximum Gasteiger partial charge on any atom is 0.376 e. The van der Waals surface area contributed by atoms with E-state index in [4.69, 9.17) is 4.74 Å². The molecule has 0 aliphatic rings. The first kappa shape index (κ1) is 14.5. The van der Waals surface area contributed by atoms with Gasteiger partial charge in [0.1, 0.15) is 5.75 Å². The normalized spacial score (nSPS) is 10.2. The zero-order valence-corrected chi connectivity index (χ0v) is 12.9. The molecular formula is C14H13BrN2O3. The van der Waals surface area contributed by atoms with Crippen LogP contribution in [0.1, 0.15) is 16.3 Å². The van der Waals surface area contributed by atoms with Crippen molar-refractivity contribution in [3.05, 3.63) is 40.3 Å². The van der Waals surface area contributed by atoms with Crippen molar-refractivity contribution < 1.29 is 14.3 Å². The van der Waals surface area contributed by atoms with Gasteiger partial charge in [-0.15, -0.1) is 0 Å². The molecule has 0 radical (unpaired) electrons. The first-order chi connectivity index (χ1) is 9.55. The highest BCUT2D eigenvalue weighted by molar-refractivity contribution is 9.10. The van der Waals surface area contributed by atoms with Crippen molar-refractivity contribution >= 4 is 21.9 Å². The van der Waals surface area contributed by atoms with Gasteiger partial charge in [0.25, 0.3) is 0 Å². The van der Waals surface area contributed by atoms with E-state index in [-0.39, 0.29) is 5.82 Å². The van der Waals surface area contributed by atoms with E-state index >= 15 is 0 Å². The van der Waals surface area contributed by atoms with Gasteiger partial charge in [0.15, 0.2) is 0 Å². The number of rotatable bonds is 3. The first-order valence-corrected chi connectivity index (χ1v) is 6.62. The quantitative estimate of drug-likeness (QED) is 0.806. The zero-order chi connectivity index (χ0) is 14.7. The monoisotopic (exact) mass is 336 g/mol. The number of ether oxygens (including phenoxy) is 2. The molecule has 0 aliphatic carbocycles. The van der Waals surface area contributed by atoms with Crippen LogP contribution in [0.25, 0.3) is 11.3 Å². The van der Waals surface area contributed by atoms with Crippen molar-refractivity contribution in [3.8, 4) is 17.0 Å². The number of nitrogens with zero attached hydrogens (tertiary/aromatic N) is 2. The molecule has 0 saturated heterocycles. The van der Waals surface area contributed by atoms with Gasteiger partial charge in [-0.1, -0.05) is 0 Å². The number of methoxy groups -OCH3 is 2. The van der Waals surface area contributed by atoms with Crippen LogP contribution in [0, 0.1) is 6.92 Å². The van der Waals surface area contributed by atoms with Gasteiger partial charge in [0, 0.05) is 11.3 Å². The molecule has 0 spiro atoms. The molecule has 0 saturated carbocycles. The molecule has 0 fully saturated rings. The number of halogens is 1. The molecule has 0 aliphatic heterocycles. The van der Waals surface area contributed by atoms with Gasteiger partial charge in [0.05, 0.1) is 24.4 Å². The second kappa shape index (κ2) is 6.00. The van der Waals surface area contributed by atoms with Crippen LogP contribution in [0.5, 0.6) is 5.75 Å². The molecule has 0 N–H and O–H groups in total. The van der Waals surface area contributed by atoms with Crippen LogP contribution in [-0.4, -0.2) is 30.2 Å². The topological polar surface area (TPSA) is 61.3 Å². The lowest BCUT2D eigenvalue weighted by Crippen LogP contribution is -2.09. The highest BCUT2D eigenvalue weighted by Crippen LogP contribution is 2.29. The molecule has 0 amide bonds. The van der Waals surface area contributed by atoms with Crippen LogP contribution in [0.3, 0.4) is 0 Å². The van der Waals surface area contributed by atoms with Gasteiger partial charge in [-0.25, -0.2) is 14.8 Å². The van der Waals surface area contributed by atoms with E-state index in [1.54, 1.807) is 20.1 Å². The number of hydrogen-bond acceptors (Lipinski definition) is 5. The summed E-state index contributed by atoms with van der Waals surface area (Å²) >= 11 is 3.42. The van der Waals surface area contributed by atoms with E-state index in [1.165, 1.54) is 7.11 Å². The van der Waals surface area contributed by atoms with Gasteiger partial charge in [-0.05, 0) is 47.1 Å². The third-order valence-electron chi connectivity index (χ3n) is 2.67. The Kier molecular flexibility index (Phi) is 4.34. The Balaban J connectivity index is 2.49. The average molecular weight is 337 g/mol. The van der Waals surface area contributed by atoms with Crippen molar-refractivity contribution in [1.82, 2.24) is 9.97 Å². The second-order valence-electron chi connectivity index (χ2n) is 4.06. The Morgan fingerprint density at radius 1 is 1.20 bits per heavy atom. The molecule has 2 aromatic rings. The molecule has 1 heterocycles. The third-order valence-corrected chi connectivity index (χ3v) is 3.29. The SMILES string of the molecule is COC(=O)c1nc(C)cc(-c2ccc(OC)c(Br)c2)n1. The Labute approximate surface area is 125 Å². The van der Waals surface area contributed by atoms with Crippen LogP contribution >= 0.6 is 15.9 Å². The molecular weight excluding hydrogens is 324 g/mol. The lowest BCUT2D eigenvalue weighted by atomic mass is 10.1. The highest BCUT2D eigenvalue weighted by atomic mass is 79.9. The number of carbonyl (C=O) groups excluding carboxylic acids is 1. The number of benzene rings is 1. The molecule has 0 bridgehead atoms. The maximum absolute atomic E-state index is 11.5. The summed E-state index contributed by atoms with van der Waals surface area (Å²) in [5, 5.41) is 0. The van der Waals surface area contributed by atoms with E-state index in [0.29, 0.717) is 11.4 Å². The Morgan fingerprint density at radius 3 is 2.55 bits per heavy atom. The minimum Gasteiger partial charge on any atom is -0.496 e. The summed E-state index contributed by atoms with van der Waals surface area (Å²) < 4.78 is 10.6. The summed E-state index contributed by atoms with van der Waals surface area (Å²) in [6.07, 6.45) is 0. The molecule has 104 valence electrons. The van der Waals surface area contributed by atoms with Crippen molar-refractivity contribution in [2.45, 2.75) is 6.92 Å². The minimum absolute atomic E-state index is 0.0504. The van der Waals surface area contributed by atoms with E-state index < -0.39 is 5.97 Å². The fourth-order valence-electron chi connectivity index (χ4n) is 1.72. The molecule has 6 heteroatoms. The molecule has 1 aromatic carbocycles. The summed E-state index contributed by atoms with van der Waals surface area (Å²) in [7, 11) is 2.90. The third kappa shape index (κ3) is 2.96.